The molecule has 0 unspecified atom stereocenters. The molecule has 2 N–H and O–H groups in total. The molecule has 0 aliphatic heterocycles. The predicted molar refractivity (Wildman–Crippen MR) is 37.5 cm³/mol. The molecular weight excluding hydrogens is 138 g/mol. The number of hydrogen-bond donors (Lipinski definition) is 1. The van der Waals surface area contributed by atoms with Crippen LogP contribution in [0.5, 0.6) is 0 Å². The van der Waals surface area contributed by atoms with Gasteiger partial charge >= 0.3 is 0 Å². The predicted octanol–water partition coefficient (Wildman–Crippen LogP) is 1.18. The molecule has 52 valence electrons. The summed E-state index contributed by atoms with van der Waals surface area (Å²) in [6.45, 7) is 0. The van der Waals surface area contributed by atoms with Crippen molar-refractivity contribution in [2.24, 2.45) is 0 Å². The maximum atomic E-state index is 10.1. The van der Waals surface area contributed by atoms with Crippen molar-refractivity contribution in [3.8, 4) is 0 Å². The summed E-state index contributed by atoms with van der Waals surface area (Å²) < 4.78 is 0. The van der Waals surface area contributed by atoms with Crippen LogP contribution in [0.15, 0.2) is 24.3 Å². The molecule has 4 nitrogen and oxygen atoms in total. The van der Waals surface area contributed by atoms with Crippen molar-refractivity contribution in [2.75, 3.05) is 5.73 Å². The van der Waals surface area contributed by atoms with Crippen molar-refractivity contribution in [3.05, 3.63) is 34.4 Å². The Balaban J connectivity index is 3.07. The summed E-state index contributed by atoms with van der Waals surface area (Å²) in [6.07, 6.45) is 0. The van der Waals surface area contributed by atoms with Crippen LogP contribution < -0.4 is 5.73 Å². The lowest BCUT2D eigenvalue weighted by Gasteiger charge is -1.90. The minimum absolute atomic E-state index is 0.0278. The third-order valence-electron chi connectivity index (χ3n) is 1.08. The fraction of sp³-hybridized carbons (Fsp3) is 0. The van der Waals surface area contributed by atoms with E-state index in [0.717, 1.165) is 0 Å². The Hall–Kier alpha value is -1.58. The molecule has 0 atom stereocenters. The Morgan fingerprint density at radius 2 is 2.20 bits per heavy atom. The Morgan fingerprint density at radius 1 is 1.50 bits per heavy atom. The lowest BCUT2D eigenvalue weighted by atomic mass is 11.2. The number of nitro benzene ring substituents is 1. The highest BCUT2D eigenvalue weighted by molar-refractivity contribution is 5.46. The molecule has 1 aromatic rings. The van der Waals surface area contributed by atoms with Crippen molar-refractivity contribution in [1.29, 1.82) is 0 Å². The smallest absolute Gasteiger partial charge is 0.271 e. The Kier molecular flexibility index (Phi) is 1.53. The number of nitro groups is 1. The maximum absolute atomic E-state index is 10.1. The fourth-order valence-corrected chi connectivity index (χ4v) is 0.638. The van der Waals surface area contributed by atoms with Gasteiger partial charge in [0.2, 0.25) is 0 Å². The van der Waals surface area contributed by atoms with E-state index in [2.05, 4.69) is 0 Å². The number of hydrogen-bond acceptors (Lipinski definition) is 3. The molecule has 0 saturated carbocycles. The first-order chi connectivity index (χ1) is 4.70. The van der Waals surface area contributed by atoms with Crippen LogP contribution in [0.1, 0.15) is 0 Å². The number of anilines is 1. The van der Waals surface area contributed by atoms with Gasteiger partial charge in [-0.25, -0.2) is 0 Å². The van der Waals surface area contributed by atoms with E-state index in [-0.39, 0.29) is 5.69 Å². The van der Waals surface area contributed by atoms with Crippen molar-refractivity contribution in [1.82, 2.24) is 0 Å². The normalized spacial score (nSPS) is 9.20. The zero-order valence-corrected chi connectivity index (χ0v) is 5.15. The molecule has 0 heterocycles. The van der Waals surface area contributed by atoms with E-state index in [1.807, 2.05) is 0 Å². The van der Waals surface area contributed by atoms with E-state index < -0.39 is 4.92 Å². The first kappa shape index (κ1) is 6.54. The minimum Gasteiger partial charge on any atom is -0.399 e. The SMILES string of the molecule is N[13c]1[13cH][13cH][13cH][13c]([N+](=O)[O-])[13cH]1. The quantitative estimate of drug-likeness (QED) is 0.365. The Labute approximate surface area is 57.4 Å². The molecule has 0 amide bonds. The van der Waals surface area contributed by atoms with Gasteiger partial charge in [-0.2, -0.15) is 0 Å². The molecule has 1 aromatic carbocycles. The highest BCUT2D eigenvalue weighted by atomic mass is 16.6. The van der Waals surface area contributed by atoms with Crippen molar-refractivity contribution < 1.29 is 4.92 Å². The molecule has 0 aromatic heterocycles. The van der Waals surface area contributed by atoms with E-state index >= 15 is 0 Å². The standard InChI is InChI=1S/C6H6N2O2/c7-5-2-1-3-6(4-5)8(9)10/h1-4H,7H2/i1+1,2+1,3+1,4+1,5+1,6+1. The molecule has 0 bridgehead atoms. The molecule has 10 heavy (non-hydrogen) atoms. The third kappa shape index (κ3) is 1.22. The van der Waals surface area contributed by atoms with Crippen LogP contribution in [0.4, 0.5) is 11.4 Å². The average molecular weight is 144 g/mol. The number of benzene rings is 1. The van der Waals surface area contributed by atoms with Crippen LogP contribution in [0, 0.1) is 10.1 Å². The summed E-state index contributed by atoms with van der Waals surface area (Å²) in [6, 6.07) is 5.87. The largest absolute Gasteiger partial charge is 0.399 e. The van der Waals surface area contributed by atoms with Gasteiger partial charge in [-0.15, -0.1) is 0 Å². The number of non-ortho nitro benzene ring substituents is 1. The highest BCUT2D eigenvalue weighted by Gasteiger charge is 2.02. The molecule has 0 aliphatic rings. The molecule has 0 saturated heterocycles. The summed E-state index contributed by atoms with van der Waals surface area (Å²) in [7, 11) is 0. The summed E-state index contributed by atoms with van der Waals surface area (Å²) >= 11 is 0. The van der Waals surface area contributed by atoms with Crippen LogP contribution in [-0.2, 0) is 0 Å². The first-order valence-corrected chi connectivity index (χ1v) is 2.70. The van der Waals surface area contributed by atoms with Gasteiger partial charge in [0.15, 0.2) is 0 Å². The molecule has 1 rings (SSSR count). The maximum Gasteiger partial charge on any atom is 0.271 e. The first-order valence-electron chi connectivity index (χ1n) is 2.70. The van der Waals surface area contributed by atoms with Crippen molar-refractivity contribution in [2.45, 2.75) is 0 Å². The topological polar surface area (TPSA) is 69.2 Å². The van der Waals surface area contributed by atoms with Gasteiger partial charge in [0.1, 0.15) is 0 Å². The molecule has 0 fully saturated rings. The van der Waals surface area contributed by atoms with E-state index in [1.54, 1.807) is 12.1 Å². The molecule has 0 radical (unpaired) electrons. The molecular formula is C6H6N2O2. The third-order valence-corrected chi connectivity index (χ3v) is 1.08. The Morgan fingerprint density at radius 3 is 2.60 bits per heavy atom. The van der Waals surface area contributed by atoms with Crippen LogP contribution >= 0.6 is 0 Å². The zero-order chi connectivity index (χ0) is 7.56. The van der Waals surface area contributed by atoms with Crippen molar-refractivity contribution >= 4 is 11.4 Å². The van der Waals surface area contributed by atoms with Crippen LogP contribution in [-0.4, -0.2) is 4.92 Å². The second kappa shape index (κ2) is 2.34. The summed E-state index contributed by atoms with van der Waals surface area (Å²) in [5.74, 6) is 0. The van der Waals surface area contributed by atoms with E-state index in [0.29, 0.717) is 5.69 Å². The zero-order valence-electron chi connectivity index (χ0n) is 5.15. The highest BCUT2D eigenvalue weighted by Crippen LogP contribution is 2.13. The number of nitrogens with zero attached hydrogens (tertiary/aromatic N) is 1. The number of nitrogen functional groups attached to an aromatic ring is 1. The lowest BCUT2D eigenvalue weighted by Crippen LogP contribution is -1.89. The number of rotatable bonds is 1. The molecule has 4 heteroatoms. The summed E-state index contributed by atoms with van der Waals surface area (Å²) in [4.78, 5) is 9.63. The fourth-order valence-electron chi connectivity index (χ4n) is 0.638. The average Bonchev–Trinajstić information content (AvgIpc) is 1.88. The molecule has 0 aliphatic carbocycles. The van der Waals surface area contributed by atoms with Gasteiger partial charge in [-0.3, -0.25) is 10.1 Å². The van der Waals surface area contributed by atoms with E-state index in [9.17, 15) is 10.1 Å². The second-order valence-electron chi connectivity index (χ2n) is 1.85. The van der Waals surface area contributed by atoms with Gasteiger partial charge in [0.25, 0.3) is 5.69 Å². The van der Waals surface area contributed by atoms with Gasteiger partial charge in [0.05, 0.1) is 4.92 Å². The summed E-state index contributed by atoms with van der Waals surface area (Å²) in [5.41, 5.74) is 5.73. The van der Waals surface area contributed by atoms with E-state index in [1.165, 1.54) is 12.1 Å². The van der Waals surface area contributed by atoms with Gasteiger partial charge in [-0.1, -0.05) is 6.07 Å². The second-order valence-corrected chi connectivity index (χ2v) is 1.85. The van der Waals surface area contributed by atoms with E-state index in [4.69, 9.17) is 5.73 Å². The monoisotopic (exact) mass is 144 g/mol. The lowest BCUT2D eigenvalue weighted by molar-refractivity contribution is -0.384. The van der Waals surface area contributed by atoms with Crippen LogP contribution in [0.25, 0.3) is 0 Å². The van der Waals surface area contributed by atoms with Gasteiger partial charge in [-0.05, 0) is 6.07 Å². The van der Waals surface area contributed by atoms with Crippen molar-refractivity contribution in [3.63, 3.8) is 0 Å². The summed E-state index contributed by atoms with van der Waals surface area (Å²) in [5, 5.41) is 10.1. The van der Waals surface area contributed by atoms with Gasteiger partial charge < -0.3 is 5.73 Å². The number of nitrogens with two attached hydrogens (primary N) is 1. The van der Waals surface area contributed by atoms with Crippen LogP contribution in [0.3, 0.4) is 0 Å². The molecule has 0 spiro atoms. The Bertz CT molecular complexity index is 260. The minimum atomic E-state index is -0.476. The van der Waals surface area contributed by atoms with Crippen LogP contribution in [0.2, 0.25) is 0 Å². The van der Waals surface area contributed by atoms with Gasteiger partial charge in [0, 0.05) is 17.8 Å².